The molecule has 22 heavy (non-hydrogen) atoms. The molecule has 0 N–H and O–H groups in total. The highest BCUT2D eigenvalue weighted by Gasteiger charge is 2.54. The number of carbonyl (C=O) groups is 1. The molecule has 0 saturated heterocycles. The fourth-order valence-electron chi connectivity index (χ4n) is 4.16. The summed E-state index contributed by atoms with van der Waals surface area (Å²) in [5, 5.41) is 0.105. The van der Waals surface area contributed by atoms with Crippen LogP contribution in [0.1, 0.15) is 33.7 Å². The Hall–Kier alpha value is -1.54. The van der Waals surface area contributed by atoms with Crippen LogP contribution in [0.25, 0.3) is 0 Å². The Labute approximate surface area is 136 Å². The van der Waals surface area contributed by atoms with E-state index < -0.39 is 0 Å². The molecule has 2 heteroatoms. The van der Waals surface area contributed by atoms with Crippen molar-refractivity contribution < 1.29 is 4.79 Å². The van der Waals surface area contributed by atoms with Crippen molar-refractivity contribution in [2.24, 2.45) is 5.92 Å². The topological polar surface area (TPSA) is 17.1 Å². The third kappa shape index (κ3) is 1.97. The molecule has 1 saturated carbocycles. The number of rotatable bonds is 2. The number of thioether (sulfide) groups is 1. The summed E-state index contributed by atoms with van der Waals surface area (Å²) in [6, 6.07) is 13.0. The molecule has 1 nitrogen and oxygen atoms in total. The zero-order valence-electron chi connectivity index (χ0n) is 13.2. The van der Waals surface area contributed by atoms with Gasteiger partial charge in [0.15, 0.2) is 5.78 Å². The Morgan fingerprint density at radius 3 is 2.45 bits per heavy atom. The molecule has 4 rings (SSSR count). The summed E-state index contributed by atoms with van der Waals surface area (Å²) in [6.45, 7) is 6.45. The highest BCUT2D eigenvalue weighted by Crippen LogP contribution is 2.55. The van der Waals surface area contributed by atoms with E-state index in [1.807, 2.05) is 0 Å². The molecule has 2 aliphatic carbocycles. The van der Waals surface area contributed by atoms with Crippen molar-refractivity contribution in [1.29, 1.82) is 0 Å². The van der Waals surface area contributed by atoms with Gasteiger partial charge in [-0.1, -0.05) is 42.0 Å². The molecule has 0 aromatic heterocycles. The molecule has 0 heterocycles. The predicted octanol–water partition coefficient (Wildman–Crippen LogP) is 4.61. The van der Waals surface area contributed by atoms with Crippen molar-refractivity contribution in [1.82, 2.24) is 0 Å². The van der Waals surface area contributed by atoms with E-state index >= 15 is 0 Å². The molecular formula is C20H20OS. The van der Waals surface area contributed by atoms with Gasteiger partial charge in [0.25, 0.3) is 0 Å². The summed E-state index contributed by atoms with van der Waals surface area (Å²) in [5.74, 6) is 1.11. The lowest BCUT2D eigenvalue weighted by atomic mass is 9.72. The first-order chi connectivity index (χ1) is 10.6. The number of carbonyl (C=O) groups excluding carboxylic acids is 1. The average molecular weight is 308 g/mol. The van der Waals surface area contributed by atoms with Crippen molar-refractivity contribution in [2.45, 2.75) is 43.3 Å². The van der Waals surface area contributed by atoms with Gasteiger partial charge < -0.3 is 0 Å². The maximum absolute atomic E-state index is 12.6. The maximum Gasteiger partial charge on any atom is 0.150 e. The number of aryl methyl sites for hydroxylation is 3. The number of fused-ring (bicyclic) bond motifs is 3. The highest BCUT2D eigenvalue weighted by atomic mass is 32.2. The van der Waals surface area contributed by atoms with Crippen LogP contribution in [0.4, 0.5) is 0 Å². The monoisotopic (exact) mass is 308 g/mol. The van der Waals surface area contributed by atoms with Gasteiger partial charge in [-0.15, -0.1) is 11.8 Å². The van der Waals surface area contributed by atoms with Gasteiger partial charge in [-0.3, -0.25) is 4.79 Å². The molecule has 2 aromatic rings. The molecule has 0 amide bonds. The number of hydrogen-bond acceptors (Lipinski definition) is 2. The average Bonchev–Trinajstić information content (AvgIpc) is 2.82. The van der Waals surface area contributed by atoms with Gasteiger partial charge in [0.2, 0.25) is 0 Å². The first-order valence-electron chi connectivity index (χ1n) is 7.92. The minimum atomic E-state index is 0.105. The zero-order chi connectivity index (χ0) is 15.4. The van der Waals surface area contributed by atoms with Crippen molar-refractivity contribution in [2.75, 3.05) is 0 Å². The van der Waals surface area contributed by atoms with Crippen LogP contribution in [-0.4, -0.2) is 11.0 Å². The third-order valence-electron chi connectivity index (χ3n) is 5.11. The Kier molecular flexibility index (Phi) is 3.19. The van der Waals surface area contributed by atoms with Crippen LogP contribution < -0.4 is 0 Å². The summed E-state index contributed by atoms with van der Waals surface area (Å²) in [5.41, 5.74) is 6.68. The van der Waals surface area contributed by atoms with Crippen LogP contribution in [0.2, 0.25) is 0 Å². The van der Waals surface area contributed by atoms with E-state index in [4.69, 9.17) is 0 Å². The summed E-state index contributed by atoms with van der Waals surface area (Å²) < 4.78 is 0. The second-order valence-corrected chi connectivity index (χ2v) is 7.86. The Bertz CT molecular complexity index is 754. The summed E-state index contributed by atoms with van der Waals surface area (Å²) in [6.07, 6.45) is 0.947. The van der Waals surface area contributed by atoms with Gasteiger partial charge in [-0.2, -0.15) is 0 Å². The van der Waals surface area contributed by atoms with E-state index in [0.29, 0.717) is 11.7 Å². The molecule has 1 fully saturated rings. The second kappa shape index (κ2) is 4.99. The van der Waals surface area contributed by atoms with E-state index in [1.165, 1.54) is 32.7 Å². The lowest BCUT2D eigenvalue weighted by Gasteiger charge is -2.39. The quantitative estimate of drug-likeness (QED) is 0.806. The fourth-order valence-corrected chi connectivity index (χ4v) is 5.68. The molecule has 0 aliphatic heterocycles. The number of Topliss-reactive ketones (excluding diaryl/α,β-unsaturated/α-hetero) is 1. The van der Waals surface area contributed by atoms with Crippen LogP contribution in [-0.2, 0) is 11.2 Å². The predicted molar refractivity (Wildman–Crippen MR) is 91.7 cm³/mol. The molecule has 0 bridgehead atoms. The van der Waals surface area contributed by atoms with Crippen molar-refractivity contribution in [3.63, 3.8) is 0 Å². The normalized spacial score (nSPS) is 25.6. The summed E-state index contributed by atoms with van der Waals surface area (Å²) >= 11 is 1.79. The third-order valence-corrected chi connectivity index (χ3v) is 6.77. The molecule has 0 radical (unpaired) electrons. The van der Waals surface area contributed by atoms with Gasteiger partial charge in [-0.25, -0.2) is 0 Å². The van der Waals surface area contributed by atoms with Crippen LogP contribution in [0.3, 0.4) is 0 Å². The SMILES string of the molecule is Cc1cc(C)c(S[C@@H]2C(=O)[C@@H]3Cc4ccccc4[C@H]23)c(C)c1. The molecule has 112 valence electrons. The van der Waals surface area contributed by atoms with Gasteiger partial charge >= 0.3 is 0 Å². The van der Waals surface area contributed by atoms with Gasteiger partial charge in [0.1, 0.15) is 0 Å². The Morgan fingerprint density at radius 2 is 1.73 bits per heavy atom. The van der Waals surface area contributed by atoms with E-state index in [2.05, 4.69) is 57.2 Å². The van der Waals surface area contributed by atoms with Gasteiger partial charge in [0.05, 0.1) is 5.25 Å². The lowest BCUT2D eigenvalue weighted by Crippen LogP contribution is -2.46. The van der Waals surface area contributed by atoms with Crippen molar-refractivity contribution in [3.8, 4) is 0 Å². The second-order valence-electron chi connectivity index (χ2n) is 6.70. The molecule has 0 spiro atoms. The Balaban J connectivity index is 1.67. The van der Waals surface area contributed by atoms with Crippen molar-refractivity contribution >= 4 is 17.5 Å². The standard InChI is InChI=1S/C20H20OS/c1-11-8-12(2)19(13(3)9-11)22-20-17-15-7-5-4-6-14(15)10-16(17)18(20)21/h4-9,16-17,20H,10H2,1-3H3/t16-,17+,20+/m1/s1. The molecule has 3 atom stereocenters. The molecule has 0 unspecified atom stereocenters. The van der Waals surface area contributed by atoms with E-state index in [0.717, 1.165) is 6.42 Å². The van der Waals surface area contributed by atoms with Crippen LogP contribution in [0.15, 0.2) is 41.3 Å². The van der Waals surface area contributed by atoms with E-state index in [9.17, 15) is 4.79 Å². The highest BCUT2D eigenvalue weighted by molar-refractivity contribution is 8.01. The maximum atomic E-state index is 12.6. The smallest absolute Gasteiger partial charge is 0.150 e. The lowest BCUT2D eigenvalue weighted by molar-refractivity contribution is -0.129. The fraction of sp³-hybridized carbons (Fsp3) is 0.350. The largest absolute Gasteiger partial charge is 0.298 e. The van der Waals surface area contributed by atoms with Gasteiger partial charge in [-0.05, 0) is 49.4 Å². The van der Waals surface area contributed by atoms with E-state index in [-0.39, 0.29) is 11.2 Å². The minimum Gasteiger partial charge on any atom is -0.298 e. The van der Waals surface area contributed by atoms with Gasteiger partial charge in [0, 0.05) is 16.7 Å². The van der Waals surface area contributed by atoms with Crippen LogP contribution in [0, 0.1) is 26.7 Å². The summed E-state index contributed by atoms with van der Waals surface area (Å²) in [7, 11) is 0. The van der Waals surface area contributed by atoms with E-state index in [1.54, 1.807) is 11.8 Å². The minimum absolute atomic E-state index is 0.105. The molecule has 2 aliphatic rings. The van der Waals surface area contributed by atoms with Crippen LogP contribution >= 0.6 is 11.8 Å². The van der Waals surface area contributed by atoms with Crippen LogP contribution in [0.5, 0.6) is 0 Å². The molecular weight excluding hydrogens is 288 g/mol. The first-order valence-corrected chi connectivity index (χ1v) is 8.80. The zero-order valence-corrected chi connectivity index (χ0v) is 14.0. The van der Waals surface area contributed by atoms with Crippen molar-refractivity contribution in [3.05, 3.63) is 64.2 Å². The summed E-state index contributed by atoms with van der Waals surface area (Å²) in [4.78, 5) is 13.9. The Morgan fingerprint density at radius 1 is 1.05 bits per heavy atom. The number of benzene rings is 2. The molecule has 2 aromatic carbocycles. The number of hydrogen-bond donors (Lipinski definition) is 0. The first kappa shape index (κ1) is 14.1. The number of ketones is 1.